The highest BCUT2D eigenvalue weighted by atomic mass is 35.5. The number of H-pyrrole nitrogens is 1. The fourth-order valence-corrected chi connectivity index (χ4v) is 9.36. The van der Waals surface area contributed by atoms with Crippen LogP contribution in [-0.2, 0) is 23.5 Å². The van der Waals surface area contributed by atoms with Crippen LogP contribution in [0.4, 0.5) is 5.69 Å². The van der Waals surface area contributed by atoms with Gasteiger partial charge in [0.25, 0.3) is 21.5 Å². The van der Waals surface area contributed by atoms with Gasteiger partial charge in [0.1, 0.15) is 16.3 Å². The van der Waals surface area contributed by atoms with Gasteiger partial charge in [-0.1, -0.05) is 72.3 Å². The Balaban J connectivity index is 1.22. The van der Waals surface area contributed by atoms with E-state index in [1.165, 1.54) is 23.9 Å². The summed E-state index contributed by atoms with van der Waals surface area (Å²) in [5, 5.41) is 3.00. The Morgan fingerprint density at radius 3 is 2.43 bits per heavy atom. The van der Waals surface area contributed by atoms with Gasteiger partial charge in [0.2, 0.25) is 0 Å². The number of carbonyl (C=O) groups is 1. The van der Waals surface area contributed by atoms with Gasteiger partial charge in [0.15, 0.2) is 0 Å². The number of amides is 1. The molecule has 8 rings (SSSR count). The Morgan fingerprint density at radius 1 is 0.925 bits per heavy atom. The van der Waals surface area contributed by atoms with E-state index >= 15 is 0 Å². The van der Waals surface area contributed by atoms with Crippen LogP contribution in [0.15, 0.2) is 119 Å². The quantitative estimate of drug-likeness (QED) is 0.183. The number of ether oxygens (including phenoxy) is 1. The smallest absolute Gasteiger partial charge is 0.296 e. The molecule has 1 N–H and O–H groups in total. The van der Waals surface area contributed by atoms with Gasteiger partial charge in [-0.25, -0.2) is 13.1 Å². The molecule has 3 heterocycles. The van der Waals surface area contributed by atoms with Gasteiger partial charge < -0.3 is 14.6 Å². The minimum atomic E-state index is -4.42. The first-order valence-corrected chi connectivity index (χ1v) is 18.9. The Labute approximate surface area is 311 Å². The number of fused-ring (bicyclic) bond motifs is 4. The Bertz CT molecular complexity index is 2750. The van der Waals surface area contributed by atoms with Crippen molar-refractivity contribution in [1.29, 1.82) is 0 Å². The maximum Gasteiger partial charge on any atom is 0.296 e. The molecule has 2 aromatic heterocycles. The summed E-state index contributed by atoms with van der Waals surface area (Å²) < 4.78 is 38.2. The van der Waals surface area contributed by atoms with Crippen molar-refractivity contribution in [3.05, 3.63) is 153 Å². The topological polar surface area (TPSA) is 110 Å². The number of methoxy groups -OCH3 is 1. The highest BCUT2D eigenvalue weighted by molar-refractivity contribution is 7.93. The van der Waals surface area contributed by atoms with Gasteiger partial charge in [0.05, 0.1) is 29.6 Å². The molecular formula is C41H36ClN5O5S. The van der Waals surface area contributed by atoms with E-state index < -0.39 is 21.6 Å². The summed E-state index contributed by atoms with van der Waals surface area (Å²) in [6.07, 6.45) is 0.567. The number of carbonyl (C=O) groups excluding carboxylic acids is 1. The first-order valence-electron chi connectivity index (χ1n) is 17.1. The summed E-state index contributed by atoms with van der Waals surface area (Å²) in [6, 6.07) is 32.8. The van der Waals surface area contributed by atoms with Crippen molar-refractivity contribution < 1.29 is 17.9 Å². The van der Waals surface area contributed by atoms with Crippen LogP contribution in [0.25, 0.3) is 27.4 Å². The average Bonchev–Trinajstić information content (AvgIpc) is 3.65. The lowest BCUT2D eigenvalue weighted by molar-refractivity contribution is 0.0693. The number of halogens is 1. The predicted octanol–water partition coefficient (Wildman–Crippen LogP) is 7.39. The number of aromatic amines is 1. The van der Waals surface area contributed by atoms with Gasteiger partial charge in [-0.05, 0) is 83.8 Å². The Morgan fingerprint density at radius 2 is 1.66 bits per heavy atom. The molecule has 268 valence electrons. The van der Waals surface area contributed by atoms with Gasteiger partial charge in [-0.15, -0.1) is 0 Å². The Hall–Kier alpha value is -5.78. The maximum absolute atomic E-state index is 14.8. The van der Waals surface area contributed by atoms with E-state index in [1.807, 2.05) is 66.7 Å². The van der Waals surface area contributed by atoms with Crippen LogP contribution in [0, 0.1) is 6.92 Å². The maximum atomic E-state index is 14.8. The average molecular weight is 746 g/mol. The van der Waals surface area contributed by atoms with E-state index in [1.54, 1.807) is 61.0 Å². The monoisotopic (exact) mass is 745 g/mol. The van der Waals surface area contributed by atoms with Crippen LogP contribution in [0.1, 0.15) is 38.9 Å². The minimum Gasteiger partial charge on any atom is -0.497 e. The van der Waals surface area contributed by atoms with Crippen LogP contribution >= 0.6 is 11.6 Å². The van der Waals surface area contributed by atoms with Gasteiger partial charge in [0, 0.05) is 42.8 Å². The van der Waals surface area contributed by atoms with Crippen molar-refractivity contribution in [3.8, 4) is 11.4 Å². The van der Waals surface area contributed by atoms with E-state index in [0.717, 1.165) is 48.6 Å². The fraction of sp³-hybridized carbons (Fsp3) is 0.171. The number of hydrogen-bond donors (Lipinski definition) is 1. The van der Waals surface area contributed by atoms with Crippen molar-refractivity contribution in [2.45, 2.75) is 24.3 Å². The summed E-state index contributed by atoms with van der Waals surface area (Å²) in [7, 11) is 0.238. The summed E-state index contributed by atoms with van der Waals surface area (Å²) in [5.41, 5.74) is 4.49. The van der Waals surface area contributed by atoms with Crippen LogP contribution in [-0.4, -0.2) is 54.3 Å². The van der Waals surface area contributed by atoms with E-state index in [0.29, 0.717) is 24.3 Å². The molecule has 0 radical (unpaired) electrons. The molecule has 12 heteroatoms. The van der Waals surface area contributed by atoms with E-state index in [9.17, 15) is 18.0 Å². The third-order valence-corrected chi connectivity index (χ3v) is 12.6. The molecule has 53 heavy (non-hydrogen) atoms. The number of aromatic nitrogens is 3. The van der Waals surface area contributed by atoms with Crippen molar-refractivity contribution in [3.63, 3.8) is 0 Å². The predicted molar refractivity (Wildman–Crippen MR) is 208 cm³/mol. The van der Waals surface area contributed by atoms with E-state index in [-0.39, 0.29) is 27.1 Å². The standard InChI is InChI=1S/C41H36ClN5O5S/c1-25-38(41(49)47(44(25)2)28-13-6-5-7-14-28)45(3)53(50,51)36-23-27(17-19-34(36)42)40(48)46-22-21-31-33-24-29(52-4)18-20-35(33)43-37(31)39(46)32-16-10-12-26-11-8-9-15-30(26)32/h5-20,23-24,39,43H,21-22H2,1-4H3. The fourth-order valence-electron chi connectivity index (χ4n) is 7.61. The number of nitrogens with zero attached hydrogens (tertiary/aromatic N) is 4. The molecular weight excluding hydrogens is 710 g/mol. The molecule has 0 aliphatic carbocycles. The van der Waals surface area contributed by atoms with Crippen LogP contribution in [0.2, 0.25) is 5.02 Å². The number of para-hydroxylation sites is 1. The summed E-state index contributed by atoms with van der Waals surface area (Å²) in [4.78, 5) is 33.7. The van der Waals surface area contributed by atoms with Crippen molar-refractivity contribution in [2.75, 3.05) is 25.0 Å². The molecule has 1 atom stereocenters. The second kappa shape index (κ2) is 13.0. The number of anilines is 1. The molecule has 0 spiro atoms. The summed E-state index contributed by atoms with van der Waals surface area (Å²) in [6.45, 7) is 2.05. The van der Waals surface area contributed by atoms with Crippen molar-refractivity contribution >= 4 is 54.9 Å². The van der Waals surface area contributed by atoms with Crippen molar-refractivity contribution in [2.24, 2.45) is 7.05 Å². The number of rotatable bonds is 7. The zero-order valence-corrected chi connectivity index (χ0v) is 31.1. The second-order valence-electron chi connectivity index (χ2n) is 13.2. The Kier molecular flexibility index (Phi) is 8.43. The first-order chi connectivity index (χ1) is 25.5. The van der Waals surface area contributed by atoms with E-state index in [2.05, 4.69) is 4.98 Å². The normalized spacial score (nSPS) is 14.4. The molecule has 0 fully saturated rings. The number of sulfonamides is 1. The van der Waals surface area contributed by atoms with Gasteiger partial charge in [-0.3, -0.25) is 18.6 Å². The molecule has 1 aliphatic heterocycles. The van der Waals surface area contributed by atoms with Crippen LogP contribution < -0.4 is 14.6 Å². The largest absolute Gasteiger partial charge is 0.497 e. The molecule has 10 nitrogen and oxygen atoms in total. The van der Waals surface area contributed by atoms with Gasteiger partial charge in [-0.2, -0.15) is 0 Å². The van der Waals surface area contributed by atoms with Crippen molar-refractivity contribution in [1.82, 2.24) is 19.2 Å². The zero-order valence-electron chi connectivity index (χ0n) is 29.5. The lowest BCUT2D eigenvalue weighted by Gasteiger charge is -2.37. The highest BCUT2D eigenvalue weighted by Crippen LogP contribution is 2.42. The SMILES string of the molecule is COc1ccc2[nH]c3c(c2c1)CCN(C(=O)c1ccc(Cl)c(S(=O)(=O)N(C)c2c(C)n(C)n(-c4ccccc4)c2=O)c1)C3c1cccc2ccccc12. The molecule has 0 saturated carbocycles. The molecule has 7 aromatic rings. The second-order valence-corrected chi connectivity index (χ2v) is 15.5. The van der Waals surface area contributed by atoms with Crippen LogP contribution in [0.5, 0.6) is 5.75 Å². The molecule has 0 bridgehead atoms. The summed E-state index contributed by atoms with van der Waals surface area (Å²) in [5.74, 6) is 0.381. The third kappa shape index (κ3) is 5.50. The number of hydrogen-bond acceptors (Lipinski definition) is 5. The minimum absolute atomic E-state index is 0.0285. The number of nitrogens with one attached hydrogen (secondary N) is 1. The lowest BCUT2D eigenvalue weighted by Crippen LogP contribution is -2.41. The molecule has 1 amide bonds. The zero-order chi connectivity index (χ0) is 37.2. The lowest BCUT2D eigenvalue weighted by atomic mass is 9.89. The molecule has 0 saturated heterocycles. The molecule has 1 unspecified atom stereocenters. The van der Waals surface area contributed by atoms with E-state index in [4.69, 9.17) is 16.3 Å². The molecule has 1 aliphatic rings. The molecule has 5 aromatic carbocycles. The summed E-state index contributed by atoms with van der Waals surface area (Å²) >= 11 is 6.61. The van der Waals surface area contributed by atoms with Gasteiger partial charge >= 0.3 is 0 Å². The highest BCUT2D eigenvalue weighted by Gasteiger charge is 2.37. The number of benzene rings is 5. The third-order valence-electron chi connectivity index (χ3n) is 10.4. The first kappa shape index (κ1) is 34.3. The van der Waals surface area contributed by atoms with Crippen LogP contribution in [0.3, 0.4) is 0 Å².